The van der Waals surface area contributed by atoms with Crippen LogP contribution in [0.15, 0.2) is 51.6 Å². The second kappa shape index (κ2) is 8.73. The number of carbonyl (C=O) groups is 1. The molecular formula is C20H18Br2O4. The van der Waals surface area contributed by atoms with Crippen LogP contribution in [0.3, 0.4) is 0 Å². The molecule has 26 heavy (non-hydrogen) atoms. The number of halogens is 2. The Bertz CT molecular complexity index is 917. The van der Waals surface area contributed by atoms with Crippen LogP contribution < -0.4 is 4.74 Å². The summed E-state index contributed by atoms with van der Waals surface area (Å²) in [7, 11) is 0. The number of fused-ring (bicyclic) bond motifs is 1. The van der Waals surface area contributed by atoms with E-state index in [0.717, 1.165) is 32.1 Å². The molecule has 1 aromatic heterocycles. The fraction of sp³-hybridized carbons (Fsp3) is 0.250. The van der Waals surface area contributed by atoms with Crippen molar-refractivity contribution in [3.05, 3.63) is 63.8 Å². The summed E-state index contributed by atoms with van der Waals surface area (Å²) in [5, 5.41) is 1.72. The summed E-state index contributed by atoms with van der Waals surface area (Å²) in [6.07, 6.45) is 1.91. The van der Waals surface area contributed by atoms with Crippen molar-refractivity contribution in [2.75, 3.05) is 6.61 Å². The van der Waals surface area contributed by atoms with Gasteiger partial charge in [-0.15, -0.1) is 0 Å². The summed E-state index contributed by atoms with van der Waals surface area (Å²) in [6, 6.07) is 11.6. The van der Waals surface area contributed by atoms with Crippen LogP contribution in [0.4, 0.5) is 0 Å². The van der Waals surface area contributed by atoms with Crippen molar-refractivity contribution in [3.63, 3.8) is 0 Å². The first-order valence-corrected chi connectivity index (χ1v) is 10.1. The molecule has 0 fully saturated rings. The molecule has 3 aromatic rings. The third kappa shape index (κ3) is 4.30. The van der Waals surface area contributed by atoms with Crippen molar-refractivity contribution in [3.8, 4) is 5.75 Å². The van der Waals surface area contributed by atoms with Gasteiger partial charge in [-0.05, 0) is 25.1 Å². The lowest BCUT2D eigenvalue weighted by atomic mass is 10.1. The van der Waals surface area contributed by atoms with Gasteiger partial charge in [-0.1, -0.05) is 50.1 Å². The van der Waals surface area contributed by atoms with E-state index >= 15 is 0 Å². The molecule has 0 radical (unpaired) electrons. The predicted octanol–water partition coefficient (Wildman–Crippen LogP) is 5.77. The number of carbonyl (C=O) groups excluding carboxylic acids is 1. The number of hydrogen-bond donors (Lipinski definition) is 0. The van der Waals surface area contributed by atoms with Crippen LogP contribution in [0.2, 0.25) is 0 Å². The Morgan fingerprint density at radius 3 is 2.73 bits per heavy atom. The monoisotopic (exact) mass is 480 g/mol. The first-order valence-electron chi connectivity index (χ1n) is 8.23. The van der Waals surface area contributed by atoms with Gasteiger partial charge in [-0.25, -0.2) is 0 Å². The second-order valence-corrected chi connectivity index (χ2v) is 7.19. The highest BCUT2D eigenvalue weighted by Crippen LogP contribution is 2.31. The molecule has 0 unspecified atom stereocenters. The molecule has 1 heterocycles. The lowest BCUT2D eigenvalue weighted by molar-refractivity contribution is -0.142. The van der Waals surface area contributed by atoms with Crippen molar-refractivity contribution < 1.29 is 18.7 Å². The summed E-state index contributed by atoms with van der Waals surface area (Å²) < 4.78 is 17.7. The van der Waals surface area contributed by atoms with E-state index in [0.29, 0.717) is 24.3 Å². The average Bonchev–Trinajstić information content (AvgIpc) is 3.03. The first-order chi connectivity index (χ1) is 12.6. The maximum Gasteiger partial charge on any atom is 0.310 e. The van der Waals surface area contributed by atoms with E-state index in [9.17, 15) is 4.79 Å². The average molecular weight is 482 g/mol. The zero-order valence-corrected chi connectivity index (χ0v) is 17.4. The van der Waals surface area contributed by atoms with Gasteiger partial charge in [0.05, 0.1) is 19.3 Å². The highest BCUT2D eigenvalue weighted by atomic mass is 79.9. The van der Waals surface area contributed by atoms with Crippen molar-refractivity contribution >= 4 is 48.8 Å². The molecule has 4 nitrogen and oxygen atoms in total. The number of furan rings is 1. The number of esters is 1. The zero-order chi connectivity index (χ0) is 18.5. The smallest absolute Gasteiger partial charge is 0.310 e. The van der Waals surface area contributed by atoms with Gasteiger partial charge in [0.15, 0.2) is 0 Å². The molecule has 0 amide bonds. The van der Waals surface area contributed by atoms with Gasteiger partial charge >= 0.3 is 5.97 Å². The molecule has 0 bridgehead atoms. The summed E-state index contributed by atoms with van der Waals surface area (Å²) in [5.74, 6) is 0.411. The second-order valence-electron chi connectivity index (χ2n) is 5.71. The Morgan fingerprint density at radius 1 is 1.15 bits per heavy atom. The maximum absolute atomic E-state index is 11.8. The Labute approximate surface area is 168 Å². The number of alkyl halides is 1. The van der Waals surface area contributed by atoms with Gasteiger partial charge in [0.2, 0.25) is 0 Å². The van der Waals surface area contributed by atoms with Crippen molar-refractivity contribution in [1.29, 1.82) is 0 Å². The Kier molecular flexibility index (Phi) is 6.38. The summed E-state index contributed by atoms with van der Waals surface area (Å²) in [6.45, 7) is 2.52. The van der Waals surface area contributed by atoms with Crippen molar-refractivity contribution in [2.24, 2.45) is 0 Å². The van der Waals surface area contributed by atoms with Gasteiger partial charge in [0.1, 0.15) is 17.9 Å². The summed E-state index contributed by atoms with van der Waals surface area (Å²) in [5.41, 5.74) is 3.68. The topological polar surface area (TPSA) is 48.7 Å². The third-order valence-corrected chi connectivity index (χ3v) is 5.00. The SMILES string of the molecule is CCOC(=O)Cc1ccccc1OCc1coc2c(CBr)cc(Br)cc12. The Morgan fingerprint density at radius 2 is 1.96 bits per heavy atom. The molecule has 0 aliphatic rings. The van der Waals surface area contributed by atoms with E-state index < -0.39 is 0 Å². The quantitative estimate of drug-likeness (QED) is 0.317. The minimum Gasteiger partial charge on any atom is -0.488 e. The minimum absolute atomic E-state index is 0.190. The maximum atomic E-state index is 11.8. The van der Waals surface area contributed by atoms with E-state index in [1.807, 2.05) is 36.4 Å². The van der Waals surface area contributed by atoms with E-state index in [4.69, 9.17) is 13.9 Å². The molecule has 2 aromatic carbocycles. The van der Waals surface area contributed by atoms with Gasteiger partial charge in [-0.3, -0.25) is 4.79 Å². The van der Waals surface area contributed by atoms with Crippen molar-refractivity contribution in [1.82, 2.24) is 0 Å². The van der Waals surface area contributed by atoms with Crippen LogP contribution >= 0.6 is 31.9 Å². The van der Waals surface area contributed by atoms with Crippen LogP contribution in [-0.4, -0.2) is 12.6 Å². The largest absolute Gasteiger partial charge is 0.488 e. The van der Waals surface area contributed by atoms with Crippen LogP contribution in [0.1, 0.15) is 23.6 Å². The van der Waals surface area contributed by atoms with Gasteiger partial charge in [0, 0.05) is 31.9 Å². The highest BCUT2D eigenvalue weighted by molar-refractivity contribution is 9.10. The molecule has 136 valence electrons. The number of hydrogen-bond acceptors (Lipinski definition) is 4. The summed E-state index contributed by atoms with van der Waals surface area (Å²) in [4.78, 5) is 11.8. The van der Waals surface area contributed by atoms with Gasteiger partial charge < -0.3 is 13.9 Å². The van der Waals surface area contributed by atoms with Gasteiger partial charge in [-0.2, -0.15) is 0 Å². The lowest BCUT2D eigenvalue weighted by Gasteiger charge is -2.11. The number of para-hydroxylation sites is 1. The normalized spacial score (nSPS) is 10.9. The molecule has 0 spiro atoms. The molecule has 6 heteroatoms. The Balaban J connectivity index is 1.81. The number of ether oxygens (including phenoxy) is 2. The predicted molar refractivity (Wildman–Crippen MR) is 108 cm³/mol. The van der Waals surface area contributed by atoms with Crippen LogP contribution in [0.25, 0.3) is 11.0 Å². The molecule has 0 atom stereocenters. The first kappa shape index (κ1) is 19.0. The number of rotatable bonds is 7. The Hall–Kier alpha value is -1.79. The molecule has 0 saturated heterocycles. The number of benzene rings is 2. The van der Waals surface area contributed by atoms with E-state index in [1.54, 1.807) is 13.2 Å². The fourth-order valence-corrected chi connectivity index (χ4v) is 3.67. The lowest BCUT2D eigenvalue weighted by Crippen LogP contribution is -2.09. The third-order valence-electron chi connectivity index (χ3n) is 3.94. The summed E-state index contributed by atoms with van der Waals surface area (Å²) >= 11 is 7.02. The van der Waals surface area contributed by atoms with Crippen LogP contribution in [0.5, 0.6) is 5.75 Å². The van der Waals surface area contributed by atoms with E-state index in [-0.39, 0.29) is 12.4 Å². The standard InChI is InChI=1S/C20H18Br2O4/c1-2-24-19(23)8-13-5-3-4-6-18(13)25-11-15-12-26-20-14(10-21)7-16(22)9-17(15)20/h3-7,9,12H,2,8,10-11H2,1H3. The van der Waals surface area contributed by atoms with Gasteiger partial charge in [0.25, 0.3) is 0 Å². The fourth-order valence-electron chi connectivity index (χ4n) is 2.75. The molecule has 3 rings (SSSR count). The highest BCUT2D eigenvalue weighted by Gasteiger charge is 2.14. The molecule has 0 aliphatic carbocycles. The molecule has 0 N–H and O–H groups in total. The molecule has 0 saturated carbocycles. The molecular weight excluding hydrogens is 464 g/mol. The van der Waals surface area contributed by atoms with E-state index in [2.05, 4.69) is 31.9 Å². The van der Waals surface area contributed by atoms with Crippen LogP contribution in [-0.2, 0) is 27.9 Å². The van der Waals surface area contributed by atoms with Crippen LogP contribution in [0, 0.1) is 0 Å². The van der Waals surface area contributed by atoms with E-state index in [1.165, 1.54) is 0 Å². The van der Waals surface area contributed by atoms with Crippen molar-refractivity contribution in [2.45, 2.75) is 25.3 Å². The minimum atomic E-state index is -0.261. The zero-order valence-electron chi connectivity index (χ0n) is 14.3. The molecule has 0 aliphatic heterocycles.